The molecule has 0 saturated heterocycles. The Morgan fingerprint density at radius 3 is 2.70 bits per heavy atom. The first-order chi connectivity index (χ1) is 13.1. The fourth-order valence-corrected chi connectivity index (χ4v) is 3.37. The van der Waals surface area contributed by atoms with E-state index < -0.39 is 5.25 Å². The molecule has 1 N–H and O–H groups in total. The van der Waals surface area contributed by atoms with E-state index in [1.807, 2.05) is 49.4 Å². The summed E-state index contributed by atoms with van der Waals surface area (Å²) in [4.78, 5) is 12.5. The number of nitrogens with zero attached hydrogens (tertiary/aromatic N) is 2. The van der Waals surface area contributed by atoms with E-state index in [0.717, 1.165) is 22.0 Å². The maximum Gasteiger partial charge on any atom is 0.277 e. The lowest BCUT2D eigenvalue weighted by Crippen LogP contribution is -2.22. The van der Waals surface area contributed by atoms with Crippen LogP contribution in [0.1, 0.15) is 12.7 Å². The van der Waals surface area contributed by atoms with E-state index in [1.165, 1.54) is 11.8 Å². The van der Waals surface area contributed by atoms with Gasteiger partial charge in [0.25, 0.3) is 11.1 Å². The lowest BCUT2D eigenvalue weighted by atomic mass is 10.1. The molecule has 2 heterocycles. The van der Waals surface area contributed by atoms with E-state index >= 15 is 0 Å². The molecule has 136 valence electrons. The van der Waals surface area contributed by atoms with Crippen molar-refractivity contribution in [3.05, 3.63) is 60.6 Å². The first-order valence-corrected chi connectivity index (χ1v) is 9.32. The van der Waals surface area contributed by atoms with Gasteiger partial charge in [0.15, 0.2) is 0 Å². The van der Waals surface area contributed by atoms with Crippen LogP contribution in [-0.4, -0.2) is 21.4 Å². The van der Waals surface area contributed by atoms with Crippen molar-refractivity contribution in [2.45, 2.75) is 24.3 Å². The molecule has 2 aromatic heterocycles. The molecule has 0 fully saturated rings. The van der Waals surface area contributed by atoms with Crippen molar-refractivity contribution < 1.29 is 13.6 Å². The second kappa shape index (κ2) is 7.28. The van der Waals surface area contributed by atoms with Crippen molar-refractivity contribution >= 4 is 34.1 Å². The van der Waals surface area contributed by atoms with Crippen molar-refractivity contribution in [3.8, 4) is 11.5 Å². The van der Waals surface area contributed by atoms with Crippen LogP contribution in [0.2, 0.25) is 0 Å². The number of carbonyl (C=O) groups excluding carboxylic acids is 1. The highest BCUT2D eigenvalue weighted by Crippen LogP contribution is 2.29. The molecule has 0 aliphatic carbocycles. The molecular weight excluding hydrogens is 362 g/mol. The summed E-state index contributed by atoms with van der Waals surface area (Å²) in [5.74, 6) is 0.956. The largest absolute Gasteiger partial charge is 0.469 e. The summed E-state index contributed by atoms with van der Waals surface area (Å²) >= 11 is 1.22. The number of amides is 1. The number of rotatable bonds is 5. The molecule has 0 bridgehead atoms. The number of nitrogens with one attached hydrogen (secondary N) is 1. The zero-order valence-corrected chi connectivity index (χ0v) is 15.6. The van der Waals surface area contributed by atoms with Gasteiger partial charge >= 0.3 is 0 Å². The third-order valence-corrected chi connectivity index (χ3v) is 5.09. The number of hydrogen-bond donors (Lipinski definition) is 1. The van der Waals surface area contributed by atoms with Crippen molar-refractivity contribution in [3.63, 3.8) is 0 Å². The SMILES string of the molecule is Cc1occc1-c1nnc(S[C@H](C)C(=O)Nc2ccc3ccccc3c2)o1. The number of furan rings is 1. The van der Waals surface area contributed by atoms with Crippen LogP contribution in [0.15, 0.2) is 68.9 Å². The summed E-state index contributed by atoms with van der Waals surface area (Å²) in [5, 5.41) is 13.1. The van der Waals surface area contributed by atoms with Gasteiger partial charge in [0.05, 0.1) is 17.1 Å². The van der Waals surface area contributed by atoms with Crippen LogP contribution >= 0.6 is 11.8 Å². The second-order valence-electron chi connectivity index (χ2n) is 6.07. The average Bonchev–Trinajstić information content (AvgIpc) is 3.30. The molecule has 0 aliphatic heterocycles. The van der Waals surface area contributed by atoms with Crippen molar-refractivity contribution in [1.82, 2.24) is 10.2 Å². The predicted molar refractivity (Wildman–Crippen MR) is 105 cm³/mol. The minimum Gasteiger partial charge on any atom is -0.469 e. The summed E-state index contributed by atoms with van der Waals surface area (Å²) in [6, 6.07) is 15.6. The van der Waals surface area contributed by atoms with E-state index in [2.05, 4.69) is 15.5 Å². The Morgan fingerprint density at radius 2 is 1.93 bits per heavy atom. The van der Waals surface area contributed by atoms with Crippen LogP contribution in [0.25, 0.3) is 22.2 Å². The maximum atomic E-state index is 12.5. The quantitative estimate of drug-likeness (QED) is 0.496. The number of fused-ring (bicyclic) bond motifs is 1. The summed E-state index contributed by atoms with van der Waals surface area (Å²) in [6.45, 7) is 3.63. The molecule has 0 radical (unpaired) electrons. The number of aromatic nitrogens is 2. The molecule has 6 nitrogen and oxygen atoms in total. The fourth-order valence-electron chi connectivity index (χ4n) is 2.69. The molecular formula is C20H17N3O3S. The highest BCUT2D eigenvalue weighted by atomic mass is 32.2. The van der Waals surface area contributed by atoms with Gasteiger partial charge in [-0.15, -0.1) is 10.2 Å². The van der Waals surface area contributed by atoms with Gasteiger partial charge in [-0.3, -0.25) is 4.79 Å². The number of benzene rings is 2. The molecule has 2 aromatic carbocycles. The van der Waals surface area contributed by atoms with Crippen LogP contribution in [0.4, 0.5) is 5.69 Å². The van der Waals surface area contributed by atoms with Crippen molar-refractivity contribution in [1.29, 1.82) is 0 Å². The predicted octanol–water partition coefficient (Wildman–Crippen LogP) is 4.91. The minimum absolute atomic E-state index is 0.130. The van der Waals surface area contributed by atoms with Crippen LogP contribution < -0.4 is 5.32 Å². The Morgan fingerprint density at radius 1 is 1.11 bits per heavy atom. The molecule has 0 saturated carbocycles. The number of hydrogen-bond acceptors (Lipinski definition) is 6. The lowest BCUT2D eigenvalue weighted by Gasteiger charge is -2.10. The molecule has 0 unspecified atom stereocenters. The second-order valence-corrected chi connectivity index (χ2v) is 7.37. The lowest BCUT2D eigenvalue weighted by molar-refractivity contribution is -0.115. The number of anilines is 1. The first-order valence-electron chi connectivity index (χ1n) is 8.44. The summed E-state index contributed by atoms with van der Waals surface area (Å²) in [7, 11) is 0. The van der Waals surface area contributed by atoms with Crippen molar-refractivity contribution in [2.24, 2.45) is 0 Å². The normalized spacial score (nSPS) is 12.2. The molecule has 0 aliphatic rings. The Hall–Kier alpha value is -3.06. The van der Waals surface area contributed by atoms with Gasteiger partial charge in [0.1, 0.15) is 5.76 Å². The van der Waals surface area contributed by atoms with Crippen LogP contribution in [0, 0.1) is 6.92 Å². The van der Waals surface area contributed by atoms with Gasteiger partial charge in [0, 0.05) is 5.69 Å². The Balaban J connectivity index is 1.43. The maximum absolute atomic E-state index is 12.5. The van der Waals surface area contributed by atoms with E-state index in [4.69, 9.17) is 8.83 Å². The van der Waals surface area contributed by atoms with Crippen LogP contribution in [-0.2, 0) is 4.79 Å². The van der Waals surface area contributed by atoms with Crippen LogP contribution in [0.5, 0.6) is 0 Å². The molecule has 4 aromatic rings. The standard InChI is InChI=1S/C20H17N3O3S/c1-12-17(9-10-25-12)19-22-23-20(26-19)27-13(2)18(24)21-16-8-7-14-5-3-4-6-15(14)11-16/h3-11,13H,1-2H3,(H,21,24)/t13-/m1/s1. The summed E-state index contributed by atoms with van der Waals surface area (Å²) < 4.78 is 10.9. The molecule has 1 atom stereocenters. The van der Waals surface area contributed by atoms with Gasteiger partial charge in [-0.05, 0) is 42.8 Å². The van der Waals surface area contributed by atoms with Crippen LogP contribution in [0.3, 0.4) is 0 Å². The van der Waals surface area contributed by atoms with Gasteiger partial charge in [0.2, 0.25) is 5.91 Å². The molecule has 0 spiro atoms. The van der Waals surface area contributed by atoms with E-state index in [0.29, 0.717) is 16.9 Å². The molecule has 7 heteroatoms. The highest BCUT2D eigenvalue weighted by Gasteiger charge is 2.20. The third kappa shape index (κ3) is 3.73. The third-order valence-electron chi connectivity index (χ3n) is 4.16. The summed E-state index contributed by atoms with van der Waals surface area (Å²) in [6.07, 6.45) is 1.57. The zero-order chi connectivity index (χ0) is 18.8. The molecule has 1 amide bonds. The van der Waals surface area contributed by atoms with Gasteiger partial charge in [-0.1, -0.05) is 42.1 Å². The van der Waals surface area contributed by atoms with Crippen molar-refractivity contribution in [2.75, 3.05) is 5.32 Å². The smallest absolute Gasteiger partial charge is 0.277 e. The molecule has 27 heavy (non-hydrogen) atoms. The van der Waals surface area contributed by atoms with Gasteiger partial charge in [-0.25, -0.2) is 0 Å². The first kappa shape index (κ1) is 17.4. The monoisotopic (exact) mass is 379 g/mol. The summed E-state index contributed by atoms with van der Waals surface area (Å²) in [5.41, 5.74) is 1.51. The van der Waals surface area contributed by atoms with E-state index in [1.54, 1.807) is 19.3 Å². The average molecular weight is 379 g/mol. The van der Waals surface area contributed by atoms with E-state index in [-0.39, 0.29) is 5.91 Å². The minimum atomic E-state index is -0.393. The highest BCUT2D eigenvalue weighted by molar-refractivity contribution is 8.00. The fraction of sp³-hybridized carbons (Fsp3) is 0.150. The Kier molecular flexibility index (Phi) is 4.68. The number of aryl methyl sites for hydroxylation is 1. The number of thioether (sulfide) groups is 1. The molecule has 4 rings (SSSR count). The van der Waals surface area contributed by atoms with E-state index in [9.17, 15) is 4.79 Å². The Labute approximate surface area is 160 Å². The number of carbonyl (C=O) groups is 1. The zero-order valence-electron chi connectivity index (χ0n) is 14.8. The van der Waals surface area contributed by atoms with Gasteiger partial charge in [-0.2, -0.15) is 0 Å². The van der Waals surface area contributed by atoms with Gasteiger partial charge < -0.3 is 14.2 Å². The topological polar surface area (TPSA) is 81.2 Å². The Bertz CT molecular complexity index is 1100.